The third-order valence-electron chi connectivity index (χ3n) is 3.09. The molecule has 1 fully saturated rings. The molecule has 1 N–H and O–H groups in total. The zero-order valence-electron chi connectivity index (χ0n) is 10.6. The Morgan fingerprint density at radius 2 is 2.06 bits per heavy atom. The average Bonchev–Trinajstić information content (AvgIpc) is 2.28. The molecular weight excluding hydrogens is 250 g/mol. The van der Waals surface area contributed by atoms with E-state index in [4.69, 9.17) is 4.74 Å². The van der Waals surface area contributed by atoms with E-state index in [1.807, 2.05) is 25.1 Å². The van der Waals surface area contributed by atoms with Crippen molar-refractivity contribution in [1.82, 2.24) is 0 Å². The highest BCUT2D eigenvalue weighted by atomic mass is 32.2. The molecule has 1 saturated heterocycles. The van der Waals surface area contributed by atoms with Crippen molar-refractivity contribution < 1.29 is 13.2 Å². The molecule has 1 heterocycles. The minimum Gasteiger partial charge on any atom is -0.381 e. The highest BCUT2D eigenvalue weighted by molar-refractivity contribution is 7.92. The lowest BCUT2D eigenvalue weighted by Gasteiger charge is -2.22. The smallest absolute Gasteiger partial charge is 0.232 e. The molecule has 100 valence electrons. The van der Waals surface area contributed by atoms with Crippen molar-refractivity contribution in [2.24, 2.45) is 5.92 Å². The second-order valence-corrected chi connectivity index (χ2v) is 6.58. The van der Waals surface area contributed by atoms with Gasteiger partial charge in [0, 0.05) is 18.9 Å². The summed E-state index contributed by atoms with van der Waals surface area (Å²) < 4.78 is 31.9. The normalized spacial score (nSPS) is 17.6. The molecule has 1 aliphatic rings. The summed E-state index contributed by atoms with van der Waals surface area (Å²) in [6, 6.07) is 7.40. The summed E-state index contributed by atoms with van der Waals surface area (Å²) in [6.07, 6.45) is 1.66. The van der Waals surface area contributed by atoms with Gasteiger partial charge in [0.1, 0.15) is 0 Å². The Labute approximate surface area is 108 Å². The van der Waals surface area contributed by atoms with E-state index >= 15 is 0 Å². The molecule has 0 unspecified atom stereocenters. The van der Waals surface area contributed by atoms with Crippen LogP contribution in [0.25, 0.3) is 0 Å². The topological polar surface area (TPSA) is 55.4 Å². The molecule has 4 nitrogen and oxygen atoms in total. The number of hydrogen-bond donors (Lipinski definition) is 1. The van der Waals surface area contributed by atoms with Crippen molar-refractivity contribution in [2.45, 2.75) is 19.8 Å². The quantitative estimate of drug-likeness (QED) is 0.911. The third-order valence-corrected chi connectivity index (χ3v) is 4.54. The number of nitrogens with one attached hydrogen (secondary N) is 1. The van der Waals surface area contributed by atoms with E-state index in [0.717, 1.165) is 18.4 Å². The molecule has 1 aliphatic heterocycles. The number of rotatable bonds is 4. The van der Waals surface area contributed by atoms with E-state index in [1.54, 1.807) is 6.07 Å². The summed E-state index contributed by atoms with van der Waals surface area (Å²) >= 11 is 0. The van der Waals surface area contributed by atoms with Crippen molar-refractivity contribution >= 4 is 15.7 Å². The van der Waals surface area contributed by atoms with Crippen LogP contribution in [-0.2, 0) is 14.8 Å². The Kier molecular flexibility index (Phi) is 4.24. The van der Waals surface area contributed by atoms with Gasteiger partial charge in [-0.1, -0.05) is 12.1 Å². The fraction of sp³-hybridized carbons (Fsp3) is 0.538. The predicted molar refractivity (Wildman–Crippen MR) is 72.1 cm³/mol. The highest BCUT2D eigenvalue weighted by Crippen LogP contribution is 2.19. The van der Waals surface area contributed by atoms with Crippen LogP contribution < -0.4 is 4.72 Å². The SMILES string of the molecule is Cc1cccc(NS(=O)(=O)CC2CCOCC2)c1. The van der Waals surface area contributed by atoms with Gasteiger partial charge in [0.05, 0.1) is 5.75 Å². The first-order valence-corrected chi connectivity index (χ1v) is 7.85. The molecular formula is C13H19NO3S. The molecule has 0 amide bonds. The maximum absolute atomic E-state index is 12.0. The number of aryl methyl sites for hydroxylation is 1. The van der Waals surface area contributed by atoms with E-state index in [2.05, 4.69) is 4.72 Å². The Hall–Kier alpha value is -1.07. The van der Waals surface area contributed by atoms with E-state index in [-0.39, 0.29) is 11.7 Å². The molecule has 0 spiro atoms. The van der Waals surface area contributed by atoms with Gasteiger partial charge in [-0.05, 0) is 43.4 Å². The molecule has 5 heteroatoms. The van der Waals surface area contributed by atoms with Crippen LogP contribution in [0.1, 0.15) is 18.4 Å². The molecule has 0 aromatic heterocycles. The number of ether oxygens (including phenoxy) is 1. The van der Waals surface area contributed by atoms with Crippen molar-refractivity contribution in [3.05, 3.63) is 29.8 Å². The number of anilines is 1. The second-order valence-electron chi connectivity index (χ2n) is 4.81. The minimum absolute atomic E-state index is 0.185. The molecule has 0 saturated carbocycles. The lowest BCUT2D eigenvalue weighted by molar-refractivity contribution is 0.0724. The number of benzene rings is 1. The first-order chi connectivity index (χ1) is 8.55. The predicted octanol–water partition coefficient (Wildman–Crippen LogP) is 2.16. The zero-order valence-corrected chi connectivity index (χ0v) is 11.4. The van der Waals surface area contributed by atoms with Crippen LogP contribution in [0.3, 0.4) is 0 Å². The van der Waals surface area contributed by atoms with Gasteiger partial charge >= 0.3 is 0 Å². The van der Waals surface area contributed by atoms with Crippen LogP contribution in [0.5, 0.6) is 0 Å². The molecule has 0 aliphatic carbocycles. The summed E-state index contributed by atoms with van der Waals surface area (Å²) in [7, 11) is -3.26. The van der Waals surface area contributed by atoms with Gasteiger partial charge in [-0.2, -0.15) is 0 Å². The van der Waals surface area contributed by atoms with Gasteiger partial charge in [0.25, 0.3) is 0 Å². The lowest BCUT2D eigenvalue weighted by atomic mass is 10.0. The van der Waals surface area contributed by atoms with Crippen molar-refractivity contribution in [3.8, 4) is 0 Å². The van der Waals surface area contributed by atoms with Gasteiger partial charge in [0.15, 0.2) is 0 Å². The summed E-state index contributed by atoms with van der Waals surface area (Å²) in [6.45, 7) is 3.28. The molecule has 1 aromatic rings. The highest BCUT2D eigenvalue weighted by Gasteiger charge is 2.21. The van der Waals surface area contributed by atoms with Crippen LogP contribution in [0.2, 0.25) is 0 Å². The van der Waals surface area contributed by atoms with Crippen LogP contribution in [0.15, 0.2) is 24.3 Å². The average molecular weight is 269 g/mol. The van der Waals surface area contributed by atoms with Gasteiger partial charge in [-0.25, -0.2) is 8.42 Å². The van der Waals surface area contributed by atoms with Gasteiger partial charge in [-0.15, -0.1) is 0 Å². The van der Waals surface area contributed by atoms with Crippen LogP contribution in [0, 0.1) is 12.8 Å². The monoisotopic (exact) mass is 269 g/mol. The lowest BCUT2D eigenvalue weighted by Crippen LogP contribution is -2.27. The standard InChI is InChI=1S/C13H19NO3S/c1-11-3-2-4-13(9-11)14-18(15,16)10-12-5-7-17-8-6-12/h2-4,9,12,14H,5-8,10H2,1H3. The fourth-order valence-electron chi connectivity index (χ4n) is 2.15. The summed E-state index contributed by atoms with van der Waals surface area (Å²) in [4.78, 5) is 0. The van der Waals surface area contributed by atoms with E-state index in [1.165, 1.54) is 0 Å². The van der Waals surface area contributed by atoms with Crippen LogP contribution in [-0.4, -0.2) is 27.4 Å². The van der Waals surface area contributed by atoms with E-state index in [0.29, 0.717) is 18.9 Å². The molecule has 2 rings (SSSR count). The fourth-order valence-corrected chi connectivity index (χ4v) is 3.68. The van der Waals surface area contributed by atoms with Crippen molar-refractivity contribution in [3.63, 3.8) is 0 Å². The van der Waals surface area contributed by atoms with Crippen molar-refractivity contribution in [2.75, 3.05) is 23.7 Å². The van der Waals surface area contributed by atoms with Gasteiger partial charge < -0.3 is 4.74 Å². The van der Waals surface area contributed by atoms with Crippen LogP contribution in [0.4, 0.5) is 5.69 Å². The minimum atomic E-state index is -3.26. The molecule has 0 radical (unpaired) electrons. The molecule has 1 aromatic carbocycles. The molecule has 0 bridgehead atoms. The number of hydrogen-bond acceptors (Lipinski definition) is 3. The molecule has 18 heavy (non-hydrogen) atoms. The first kappa shape index (κ1) is 13.4. The Morgan fingerprint density at radius 3 is 2.72 bits per heavy atom. The maximum Gasteiger partial charge on any atom is 0.232 e. The number of sulfonamides is 1. The molecule has 0 atom stereocenters. The second kappa shape index (κ2) is 5.71. The first-order valence-electron chi connectivity index (χ1n) is 6.20. The Balaban J connectivity index is 1.98. The summed E-state index contributed by atoms with van der Waals surface area (Å²) in [5.74, 6) is 0.394. The summed E-state index contributed by atoms with van der Waals surface area (Å²) in [5.41, 5.74) is 1.68. The van der Waals surface area contributed by atoms with Gasteiger partial charge in [-0.3, -0.25) is 4.72 Å². The summed E-state index contributed by atoms with van der Waals surface area (Å²) in [5, 5.41) is 0. The van der Waals surface area contributed by atoms with E-state index < -0.39 is 10.0 Å². The zero-order chi connectivity index (χ0) is 13.0. The van der Waals surface area contributed by atoms with Crippen LogP contribution >= 0.6 is 0 Å². The van der Waals surface area contributed by atoms with Crippen molar-refractivity contribution in [1.29, 1.82) is 0 Å². The third kappa shape index (κ3) is 3.99. The van der Waals surface area contributed by atoms with Gasteiger partial charge in [0.2, 0.25) is 10.0 Å². The largest absolute Gasteiger partial charge is 0.381 e. The Morgan fingerprint density at radius 1 is 1.33 bits per heavy atom. The van der Waals surface area contributed by atoms with E-state index in [9.17, 15) is 8.42 Å². The maximum atomic E-state index is 12.0. The Bertz CT molecular complexity index is 493.